The highest BCUT2D eigenvalue weighted by atomic mass is 35.5. The molecule has 0 aliphatic heterocycles. The number of sulfone groups is 1. The van der Waals surface area contributed by atoms with Crippen LogP contribution in [0.2, 0.25) is 5.02 Å². The summed E-state index contributed by atoms with van der Waals surface area (Å²) in [6.45, 7) is -0.371. The molecule has 34 heavy (non-hydrogen) atoms. The van der Waals surface area contributed by atoms with Gasteiger partial charge in [-0.3, -0.25) is 4.79 Å². The van der Waals surface area contributed by atoms with Crippen molar-refractivity contribution in [2.45, 2.75) is 36.2 Å². The normalized spacial score (nSPS) is 26.5. The smallest absolute Gasteiger partial charge is 0.255 e. The Morgan fingerprint density at radius 3 is 2.24 bits per heavy atom. The highest BCUT2D eigenvalue weighted by Gasteiger charge is 2.49. The van der Waals surface area contributed by atoms with E-state index in [1.165, 1.54) is 12.1 Å². The van der Waals surface area contributed by atoms with Gasteiger partial charge in [0.05, 0.1) is 27.9 Å². The molecule has 2 aliphatic rings. The molecule has 1 amide bonds. The number of carbonyl (C=O) groups is 1. The van der Waals surface area contributed by atoms with Gasteiger partial charge in [0.2, 0.25) is 0 Å². The van der Waals surface area contributed by atoms with Crippen LogP contribution in [0.25, 0.3) is 0 Å². The molecule has 11 heteroatoms. The summed E-state index contributed by atoms with van der Waals surface area (Å²) in [5, 5.41) is 22.1. The Morgan fingerprint density at radius 2 is 1.68 bits per heavy atom. The Hall–Kier alpha value is -2.14. The Bertz CT molecular complexity index is 1200. The van der Waals surface area contributed by atoms with Crippen LogP contribution in [0.15, 0.2) is 35.2 Å². The van der Waals surface area contributed by atoms with Crippen molar-refractivity contribution in [3.05, 3.63) is 58.4 Å². The van der Waals surface area contributed by atoms with E-state index in [1.54, 1.807) is 0 Å². The van der Waals surface area contributed by atoms with Crippen LogP contribution in [0.1, 0.15) is 36.0 Å². The highest BCUT2D eigenvalue weighted by Crippen LogP contribution is 2.51. The minimum Gasteiger partial charge on any atom is -0.393 e. The summed E-state index contributed by atoms with van der Waals surface area (Å²) in [5.74, 6) is -6.04. The minimum atomic E-state index is -3.93. The van der Waals surface area contributed by atoms with Gasteiger partial charge in [-0.2, -0.15) is 0 Å². The van der Waals surface area contributed by atoms with E-state index in [2.05, 4.69) is 5.32 Å². The first-order valence-corrected chi connectivity index (χ1v) is 12.8. The van der Waals surface area contributed by atoms with Crippen LogP contribution in [-0.4, -0.2) is 42.5 Å². The van der Waals surface area contributed by atoms with Gasteiger partial charge < -0.3 is 15.5 Å². The van der Waals surface area contributed by atoms with Crippen LogP contribution in [-0.2, 0) is 9.84 Å². The Morgan fingerprint density at radius 1 is 1.09 bits per heavy atom. The number of anilines is 1. The van der Waals surface area contributed by atoms with E-state index in [-0.39, 0.29) is 51.3 Å². The second kappa shape index (κ2) is 9.14. The van der Waals surface area contributed by atoms with Crippen molar-refractivity contribution in [1.82, 2.24) is 0 Å². The summed E-state index contributed by atoms with van der Waals surface area (Å²) < 4.78 is 66.5. The molecule has 0 aromatic heterocycles. The van der Waals surface area contributed by atoms with Crippen molar-refractivity contribution in [3.8, 4) is 0 Å². The summed E-state index contributed by atoms with van der Waals surface area (Å²) >= 11 is 6.15. The van der Waals surface area contributed by atoms with Gasteiger partial charge in [0, 0.05) is 23.4 Å². The zero-order valence-corrected chi connectivity index (χ0v) is 19.5. The maximum Gasteiger partial charge on any atom is 0.255 e. The fourth-order valence-corrected chi connectivity index (χ4v) is 7.64. The molecule has 4 rings (SSSR count). The third-order valence-electron chi connectivity index (χ3n) is 6.88. The molecule has 2 bridgehead atoms. The predicted molar refractivity (Wildman–Crippen MR) is 119 cm³/mol. The first-order valence-electron chi connectivity index (χ1n) is 10.7. The lowest BCUT2D eigenvalue weighted by molar-refractivity contribution is -0.0736. The third kappa shape index (κ3) is 4.82. The van der Waals surface area contributed by atoms with E-state index < -0.39 is 38.8 Å². The molecular weight excluding hydrogens is 495 g/mol. The number of aliphatic hydroxyl groups excluding tert-OH is 1. The van der Waals surface area contributed by atoms with Gasteiger partial charge in [-0.25, -0.2) is 21.6 Å². The van der Waals surface area contributed by atoms with E-state index in [1.807, 2.05) is 0 Å². The van der Waals surface area contributed by atoms with Gasteiger partial charge in [-0.1, -0.05) is 11.6 Å². The molecule has 2 aromatic rings. The zero-order chi connectivity index (χ0) is 24.8. The van der Waals surface area contributed by atoms with E-state index in [9.17, 15) is 36.6 Å². The molecule has 0 spiro atoms. The Kier molecular flexibility index (Phi) is 6.71. The SMILES string of the molecule is O=C(Nc1cc(F)c(F)c(F)c1)c1ccc(Cl)c(S(=O)(=O)CC2C3CCC2CC(O)(CO)C3)c1. The average Bonchev–Trinajstić information content (AvgIpc) is 3.00. The lowest BCUT2D eigenvalue weighted by atomic mass is 9.72. The van der Waals surface area contributed by atoms with Gasteiger partial charge in [-0.05, 0) is 61.6 Å². The van der Waals surface area contributed by atoms with Crippen LogP contribution in [0.4, 0.5) is 18.9 Å². The topological polar surface area (TPSA) is 104 Å². The number of rotatable bonds is 6. The van der Waals surface area contributed by atoms with Crippen LogP contribution in [0.5, 0.6) is 0 Å². The van der Waals surface area contributed by atoms with Crippen molar-refractivity contribution in [2.75, 3.05) is 17.7 Å². The summed E-state index contributed by atoms with van der Waals surface area (Å²) in [5.41, 5.74) is -1.65. The Balaban J connectivity index is 1.55. The number of hydrogen-bond acceptors (Lipinski definition) is 5. The molecular formula is C23H23ClF3NO5S. The quantitative estimate of drug-likeness (QED) is 0.504. The number of nitrogens with one attached hydrogen (secondary N) is 1. The highest BCUT2D eigenvalue weighted by molar-refractivity contribution is 7.91. The standard InChI is InChI=1S/C23H23ClF3NO5S/c24-17-4-3-12(22(30)28-15-6-18(25)21(27)19(26)7-15)5-20(17)34(32,33)10-16-13-1-2-14(16)9-23(31,8-13)11-29/h3-7,13-14,16,29,31H,1-2,8-11H2,(H,28,30). The van der Waals surface area contributed by atoms with E-state index >= 15 is 0 Å². The lowest BCUT2D eigenvalue weighted by Crippen LogP contribution is -2.44. The predicted octanol–water partition coefficient (Wildman–Crippen LogP) is 3.94. The van der Waals surface area contributed by atoms with Crippen molar-refractivity contribution in [3.63, 3.8) is 0 Å². The molecule has 0 saturated heterocycles. The van der Waals surface area contributed by atoms with E-state index in [4.69, 9.17) is 11.6 Å². The number of fused-ring (bicyclic) bond motifs is 2. The monoisotopic (exact) mass is 517 g/mol. The summed E-state index contributed by atoms with van der Waals surface area (Å²) in [7, 11) is -3.93. The van der Waals surface area contributed by atoms with Gasteiger partial charge in [-0.15, -0.1) is 0 Å². The van der Waals surface area contributed by atoms with Gasteiger partial charge in [0.15, 0.2) is 27.3 Å². The first-order chi connectivity index (χ1) is 15.9. The first kappa shape index (κ1) is 25.0. The van der Waals surface area contributed by atoms with Gasteiger partial charge in [0.25, 0.3) is 5.91 Å². The number of carbonyl (C=O) groups excluding carboxylic acids is 1. The molecule has 2 aromatic carbocycles. The number of halogens is 4. The fraction of sp³-hybridized carbons (Fsp3) is 0.435. The van der Waals surface area contributed by atoms with Gasteiger partial charge in [0.1, 0.15) is 0 Å². The molecule has 2 atom stereocenters. The van der Waals surface area contributed by atoms with Crippen LogP contribution in [0.3, 0.4) is 0 Å². The van der Waals surface area contributed by atoms with Crippen LogP contribution in [0, 0.1) is 35.2 Å². The largest absolute Gasteiger partial charge is 0.393 e. The second-order valence-corrected chi connectivity index (χ2v) is 11.6. The molecule has 184 valence electrons. The minimum absolute atomic E-state index is 0.0563. The van der Waals surface area contributed by atoms with Crippen molar-refractivity contribution >= 4 is 33.0 Å². The maximum absolute atomic E-state index is 13.4. The number of amides is 1. The number of aliphatic hydroxyl groups is 2. The molecule has 3 N–H and O–H groups in total. The average molecular weight is 518 g/mol. The number of benzene rings is 2. The molecule has 0 heterocycles. The third-order valence-corrected chi connectivity index (χ3v) is 9.15. The van der Waals surface area contributed by atoms with Gasteiger partial charge >= 0.3 is 0 Å². The molecule has 2 saturated carbocycles. The summed E-state index contributed by atoms with van der Waals surface area (Å²) in [6, 6.07) is 4.82. The maximum atomic E-state index is 13.4. The summed E-state index contributed by atoms with van der Waals surface area (Å²) in [4.78, 5) is 12.3. The Labute approximate surface area is 199 Å². The molecule has 2 aliphatic carbocycles. The lowest BCUT2D eigenvalue weighted by Gasteiger charge is -2.40. The molecule has 6 nitrogen and oxygen atoms in total. The summed E-state index contributed by atoms with van der Waals surface area (Å²) in [6.07, 6.45) is 2.16. The zero-order valence-electron chi connectivity index (χ0n) is 17.9. The number of hydrogen-bond donors (Lipinski definition) is 3. The van der Waals surface area contributed by atoms with E-state index in [0.717, 1.165) is 18.9 Å². The van der Waals surface area contributed by atoms with Crippen molar-refractivity contribution < 1.29 is 36.6 Å². The fourth-order valence-electron chi connectivity index (χ4n) is 5.27. The second-order valence-electron chi connectivity index (χ2n) is 9.19. The van der Waals surface area contributed by atoms with Crippen molar-refractivity contribution in [1.29, 1.82) is 0 Å². The van der Waals surface area contributed by atoms with Crippen LogP contribution < -0.4 is 5.32 Å². The molecule has 0 radical (unpaired) electrons. The molecule has 2 fully saturated rings. The molecule has 2 unspecified atom stereocenters. The van der Waals surface area contributed by atoms with E-state index in [0.29, 0.717) is 25.0 Å². The van der Waals surface area contributed by atoms with Crippen molar-refractivity contribution in [2.24, 2.45) is 17.8 Å². The van der Waals surface area contributed by atoms with Crippen LogP contribution >= 0.6 is 11.6 Å².